The third-order valence-electron chi connectivity index (χ3n) is 12.0. The van der Waals surface area contributed by atoms with E-state index in [9.17, 15) is 48.6 Å². The highest BCUT2D eigenvalue weighted by atomic mass is 16.4. The standard InChI is InChI=1S/C45H71N13O10/c1-8-25(5)36(42(65)54-32(20-28-21-49-23-51-28)43(66)58-18-16-33(58)40(63)57-37(44(67)68)26(6)9-2)56-39(62)31(19-27-12-14-29(59)15-13-27)53-41(64)35(24(3)4)55-38(61)30(52-34(60)22-48-7)11-10-17-50-45(46)47/h12-15,21,23-26,30-33,35-37,48,59H,8-11,16-20,22H2,1-7H3,(H,49,51)(H,52,60)(H,53,64)(H,54,65)(H,55,61)(H,56,62)(H,57,63)(H,67,68)(H4,46,47,50)/t25?,26?,30-,31-,32-,33-,35-,36-,37-/m0/s1. The number of phenolic OH excluding ortho intramolecular Hbond substituents is 1. The fraction of sp³-hybridized carbons (Fsp3) is 0.600. The van der Waals surface area contributed by atoms with Crippen LogP contribution in [0.3, 0.4) is 0 Å². The highest BCUT2D eigenvalue weighted by Crippen LogP contribution is 2.22. The van der Waals surface area contributed by atoms with E-state index in [2.05, 4.69) is 52.2 Å². The number of nitrogens with two attached hydrogens (primary N) is 2. The monoisotopic (exact) mass is 954 g/mol. The average Bonchev–Trinajstić information content (AvgIpc) is 3.79. The second-order valence-electron chi connectivity index (χ2n) is 17.5. The molecule has 0 aliphatic carbocycles. The maximum Gasteiger partial charge on any atom is 0.326 e. The second-order valence-corrected chi connectivity index (χ2v) is 17.5. The van der Waals surface area contributed by atoms with Gasteiger partial charge in [0.2, 0.25) is 41.4 Å². The summed E-state index contributed by atoms with van der Waals surface area (Å²) in [5.74, 6) is -7.43. The van der Waals surface area contributed by atoms with Crippen LogP contribution in [0.1, 0.15) is 84.9 Å². The lowest BCUT2D eigenvalue weighted by molar-refractivity contribution is -0.152. The minimum absolute atomic E-state index is 0.0375. The molecule has 9 atom stereocenters. The summed E-state index contributed by atoms with van der Waals surface area (Å²) in [5, 5.41) is 38.7. The highest BCUT2D eigenvalue weighted by Gasteiger charge is 2.43. The Kier molecular flexibility index (Phi) is 22.2. The van der Waals surface area contributed by atoms with Crippen LogP contribution >= 0.6 is 0 Å². The van der Waals surface area contributed by atoms with Gasteiger partial charge < -0.3 is 68.8 Å². The van der Waals surface area contributed by atoms with E-state index in [0.717, 1.165) is 0 Å². The number of aliphatic carboxylic acids is 1. The number of carbonyl (C=O) groups excluding carboxylic acids is 7. The molecule has 1 aromatic carbocycles. The first kappa shape index (κ1) is 55.5. The number of likely N-dealkylation sites (tertiary alicyclic amines) is 1. The summed E-state index contributed by atoms with van der Waals surface area (Å²) in [4.78, 5) is 121. The van der Waals surface area contributed by atoms with E-state index >= 15 is 0 Å². The Labute approximate surface area is 396 Å². The molecule has 2 unspecified atom stereocenters. The molecular formula is C45H71N13O10. The van der Waals surface area contributed by atoms with Crippen LogP contribution in [0, 0.1) is 17.8 Å². The van der Waals surface area contributed by atoms with Gasteiger partial charge in [-0.1, -0.05) is 66.5 Å². The van der Waals surface area contributed by atoms with E-state index in [1.807, 2.05) is 0 Å². The van der Waals surface area contributed by atoms with Gasteiger partial charge in [-0.15, -0.1) is 0 Å². The van der Waals surface area contributed by atoms with E-state index < -0.39 is 101 Å². The summed E-state index contributed by atoms with van der Waals surface area (Å²) >= 11 is 0. The molecule has 0 saturated carbocycles. The zero-order valence-corrected chi connectivity index (χ0v) is 40.0. The number of aromatic nitrogens is 2. The van der Waals surface area contributed by atoms with Crippen LogP contribution in [0.25, 0.3) is 0 Å². The van der Waals surface area contributed by atoms with Gasteiger partial charge in [0.05, 0.1) is 12.9 Å². The maximum atomic E-state index is 14.4. The van der Waals surface area contributed by atoms with Gasteiger partial charge in [0.15, 0.2) is 5.96 Å². The fourth-order valence-electron chi connectivity index (χ4n) is 7.40. The molecule has 23 heteroatoms. The number of phenols is 1. The fourth-order valence-corrected chi connectivity index (χ4v) is 7.40. The van der Waals surface area contributed by atoms with Crippen LogP contribution in [0.5, 0.6) is 5.75 Å². The van der Waals surface area contributed by atoms with Gasteiger partial charge in [-0.25, -0.2) is 9.78 Å². The van der Waals surface area contributed by atoms with Gasteiger partial charge in [0.1, 0.15) is 48.0 Å². The molecule has 68 heavy (non-hydrogen) atoms. The van der Waals surface area contributed by atoms with Crippen molar-refractivity contribution in [1.82, 2.24) is 52.1 Å². The number of H-pyrrole nitrogens is 1. The number of carbonyl (C=O) groups is 8. The van der Waals surface area contributed by atoms with Crippen LogP contribution in [0.4, 0.5) is 0 Å². The normalized spacial score (nSPS) is 16.8. The van der Waals surface area contributed by atoms with Crippen molar-refractivity contribution in [3.05, 3.63) is 48.0 Å². The predicted molar refractivity (Wildman–Crippen MR) is 251 cm³/mol. The number of amides is 7. The number of rotatable bonds is 28. The molecule has 1 aromatic heterocycles. The topological polar surface area (TPSA) is 358 Å². The molecule has 2 aromatic rings. The number of hydrogen-bond acceptors (Lipinski definition) is 12. The number of hydrogen-bond donors (Lipinski definition) is 12. The van der Waals surface area contributed by atoms with E-state index in [0.29, 0.717) is 30.5 Å². The molecule has 2 heterocycles. The number of nitrogens with one attached hydrogen (secondary N) is 8. The molecule has 1 saturated heterocycles. The molecule has 0 radical (unpaired) electrons. The van der Waals surface area contributed by atoms with Gasteiger partial charge in [-0.05, 0) is 61.8 Å². The number of carboxylic acids is 1. The van der Waals surface area contributed by atoms with Crippen molar-refractivity contribution >= 4 is 53.3 Å². The van der Waals surface area contributed by atoms with Crippen molar-refractivity contribution in [3.63, 3.8) is 0 Å². The number of aromatic amines is 1. The first-order chi connectivity index (χ1) is 32.2. The Hall–Kier alpha value is -6.78. The number of benzene rings is 1. The largest absolute Gasteiger partial charge is 0.508 e. The molecular weight excluding hydrogens is 883 g/mol. The number of imidazole rings is 1. The van der Waals surface area contributed by atoms with Crippen molar-refractivity contribution in [1.29, 1.82) is 0 Å². The lowest BCUT2D eigenvalue weighted by atomic mass is 9.94. The Balaban J connectivity index is 1.90. The van der Waals surface area contributed by atoms with Gasteiger partial charge in [-0.2, -0.15) is 0 Å². The van der Waals surface area contributed by atoms with Crippen LogP contribution in [-0.4, -0.2) is 147 Å². The van der Waals surface area contributed by atoms with Crippen molar-refractivity contribution in [2.75, 3.05) is 26.7 Å². The minimum atomic E-state index is -1.34. The molecule has 0 bridgehead atoms. The molecule has 7 amide bonds. The molecule has 23 nitrogen and oxygen atoms in total. The van der Waals surface area contributed by atoms with Crippen molar-refractivity contribution in [3.8, 4) is 5.75 Å². The quantitative estimate of drug-likeness (QED) is 0.0263. The summed E-state index contributed by atoms with van der Waals surface area (Å²) in [6.07, 6.45) is 4.28. The molecule has 3 rings (SSSR count). The number of aromatic hydroxyl groups is 1. The van der Waals surface area contributed by atoms with Gasteiger partial charge in [-0.3, -0.25) is 38.6 Å². The number of aliphatic imine (C=N–C) groups is 1. The molecule has 14 N–H and O–H groups in total. The smallest absolute Gasteiger partial charge is 0.326 e. The summed E-state index contributed by atoms with van der Waals surface area (Å²) in [7, 11) is 1.57. The molecule has 1 fully saturated rings. The van der Waals surface area contributed by atoms with E-state index in [1.54, 1.807) is 60.7 Å². The molecule has 1 aliphatic rings. The van der Waals surface area contributed by atoms with Gasteiger partial charge >= 0.3 is 5.97 Å². The molecule has 0 spiro atoms. The van der Waals surface area contributed by atoms with E-state index in [1.165, 1.54) is 29.6 Å². The van der Waals surface area contributed by atoms with Gasteiger partial charge in [0.25, 0.3) is 0 Å². The second kappa shape index (κ2) is 27.1. The summed E-state index contributed by atoms with van der Waals surface area (Å²) in [6.45, 7) is 10.7. The first-order valence-corrected chi connectivity index (χ1v) is 23.0. The molecule has 1 aliphatic heterocycles. The first-order valence-electron chi connectivity index (χ1n) is 23.0. The lowest BCUT2D eigenvalue weighted by Crippen LogP contribution is -2.65. The Bertz CT molecular complexity index is 2050. The minimum Gasteiger partial charge on any atom is -0.508 e. The maximum absolute atomic E-state index is 14.4. The lowest BCUT2D eigenvalue weighted by Gasteiger charge is -2.42. The van der Waals surface area contributed by atoms with Crippen LogP contribution in [0.15, 0.2) is 41.8 Å². The Morgan fingerprint density at radius 2 is 1.40 bits per heavy atom. The number of carboxylic acid groups (broad SMARTS) is 1. The SMILES string of the molecule is CCC(C)[C@H](NC(=O)[C@@H]1CCN1C(=O)[C@H](Cc1cnc[nH]1)NC(=O)[C@@H](NC(=O)[C@H](Cc1ccc(O)cc1)NC(=O)[C@@H](NC(=O)[C@H](CCCN=C(N)N)NC(=O)CNC)C(C)C)C(C)CC)C(=O)O. The summed E-state index contributed by atoms with van der Waals surface area (Å²) in [5.41, 5.74) is 11.9. The number of nitrogens with zero attached hydrogens (tertiary/aromatic N) is 3. The van der Waals surface area contributed by atoms with E-state index in [4.69, 9.17) is 11.5 Å². The van der Waals surface area contributed by atoms with Crippen LogP contribution in [-0.2, 0) is 51.2 Å². The third kappa shape index (κ3) is 16.8. The number of likely N-dealkylation sites (N-methyl/N-ethyl adjacent to an activating group) is 1. The van der Waals surface area contributed by atoms with Crippen molar-refractivity contribution in [2.45, 2.75) is 129 Å². The van der Waals surface area contributed by atoms with Gasteiger partial charge in [0, 0.05) is 37.8 Å². The zero-order valence-electron chi connectivity index (χ0n) is 40.0. The Morgan fingerprint density at radius 1 is 0.794 bits per heavy atom. The van der Waals surface area contributed by atoms with Crippen LogP contribution < -0.4 is 48.7 Å². The highest BCUT2D eigenvalue weighted by molar-refractivity contribution is 5.98. The Morgan fingerprint density at radius 3 is 1.94 bits per heavy atom. The van der Waals surface area contributed by atoms with Crippen LogP contribution in [0.2, 0.25) is 0 Å². The van der Waals surface area contributed by atoms with E-state index in [-0.39, 0.29) is 62.9 Å². The third-order valence-corrected chi connectivity index (χ3v) is 12.0. The van der Waals surface area contributed by atoms with Crippen molar-refractivity contribution in [2.24, 2.45) is 34.2 Å². The average molecular weight is 954 g/mol. The predicted octanol–water partition coefficient (Wildman–Crippen LogP) is -1.48. The zero-order chi connectivity index (χ0) is 50.7. The van der Waals surface area contributed by atoms with Crippen molar-refractivity contribution < 1.29 is 48.6 Å². The summed E-state index contributed by atoms with van der Waals surface area (Å²) in [6, 6.07) is -2.35. The number of guanidine groups is 1. The summed E-state index contributed by atoms with van der Waals surface area (Å²) < 4.78 is 0. The molecule has 376 valence electrons.